The van der Waals surface area contributed by atoms with Crippen LogP contribution in [0.25, 0.3) is 0 Å². The molecule has 1 N–H and O–H groups in total. The second-order valence-corrected chi connectivity index (χ2v) is 6.82. The number of carbonyl (C=O) groups is 1. The maximum Gasteiger partial charge on any atom is 0.275 e. The van der Waals surface area contributed by atoms with Crippen molar-refractivity contribution in [2.24, 2.45) is 5.10 Å². The van der Waals surface area contributed by atoms with Gasteiger partial charge in [-0.1, -0.05) is 36.4 Å². The Morgan fingerprint density at radius 1 is 0.968 bits per heavy atom. The van der Waals surface area contributed by atoms with Crippen LogP contribution in [-0.2, 0) is 6.61 Å². The topological polar surface area (TPSA) is 69.2 Å². The Labute approximate surface area is 182 Å². The standard InChI is InChI=1S/C25H26N2O4/c1-4-30-24-15-20(11-13-22(24)31-17-19-8-6-5-7-9-19)16-26-27-25(28)21-12-10-18(2)14-23(21)29-3/h5-16H,4,17H2,1-3H3,(H,27,28)/b26-16-. The van der Waals surface area contributed by atoms with Crippen LogP contribution in [-0.4, -0.2) is 25.8 Å². The number of hydrogen-bond acceptors (Lipinski definition) is 5. The van der Waals surface area contributed by atoms with E-state index in [1.54, 1.807) is 18.3 Å². The minimum absolute atomic E-state index is 0.346. The van der Waals surface area contributed by atoms with Gasteiger partial charge in [-0.3, -0.25) is 4.79 Å². The molecule has 3 rings (SSSR count). The molecular weight excluding hydrogens is 392 g/mol. The SMILES string of the molecule is CCOc1cc(/C=N\NC(=O)c2ccc(C)cc2OC)ccc1OCc1ccccc1. The van der Waals surface area contributed by atoms with Crippen LogP contribution in [0.3, 0.4) is 0 Å². The van der Waals surface area contributed by atoms with E-state index in [4.69, 9.17) is 14.2 Å². The summed E-state index contributed by atoms with van der Waals surface area (Å²) in [4.78, 5) is 12.4. The molecule has 0 spiro atoms. The fourth-order valence-corrected chi connectivity index (χ4v) is 2.94. The summed E-state index contributed by atoms with van der Waals surface area (Å²) >= 11 is 0. The second-order valence-electron chi connectivity index (χ2n) is 6.82. The molecule has 6 heteroatoms. The molecule has 0 atom stereocenters. The van der Waals surface area contributed by atoms with E-state index >= 15 is 0 Å². The molecule has 6 nitrogen and oxygen atoms in total. The smallest absolute Gasteiger partial charge is 0.275 e. The van der Waals surface area contributed by atoms with Gasteiger partial charge in [0.25, 0.3) is 5.91 Å². The minimum atomic E-state index is -0.346. The first kappa shape index (κ1) is 21.9. The number of aryl methyl sites for hydroxylation is 1. The number of rotatable bonds is 9. The number of carbonyl (C=O) groups excluding carboxylic acids is 1. The quantitative estimate of drug-likeness (QED) is 0.402. The average molecular weight is 418 g/mol. The van der Waals surface area contributed by atoms with Crippen LogP contribution in [0.2, 0.25) is 0 Å². The summed E-state index contributed by atoms with van der Waals surface area (Å²) in [5.41, 5.74) is 5.81. The van der Waals surface area contributed by atoms with Gasteiger partial charge < -0.3 is 14.2 Å². The zero-order chi connectivity index (χ0) is 22.1. The monoisotopic (exact) mass is 418 g/mol. The molecule has 0 fully saturated rings. The lowest BCUT2D eigenvalue weighted by Crippen LogP contribution is -2.18. The van der Waals surface area contributed by atoms with Crippen LogP contribution >= 0.6 is 0 Å². The predicted octanol–water partition coefficient (Wildman–Crippen LogP) is 4.75. The molecule has 3 aromatic rings. The molecule has 1 amide bonds. The highest BCUT2D eigenvalue weighted by Gasteiger charge is 2.11. The molecule has 0 heterocycles. The Morgan fingerprint density at radius 2 is 1.77 bits per heavy atom. The van der Waals surface area contributed by atoms with Crippen LogP contribution in [0.4, 0.5) is 0 Å². The first-order chi connectivity index (χ1) is 15.1. The average Bonchev–Trinajstić information content (AvgIpc) is 2.79. The van der Waals surface area contributed by atoms with Crippen LogP contribution in [0.5, 0.6) is 17.2 Å². The maximum atomic E-state index is 12.4. The van der Waals surface area contributed by atoms with Gasteiger partial charge >= 0.3 is 0 Å². The Balaban J connectivity index is 1.67. The Hall–Kier alpha value is -3.80. The number of hydrogen-bond donors (Lipinski definition) is 1. The lowest BCUT2D eigenvalue weighted by atomic mass is 10.1. The molecule has 0 aromatic heterocycles. The van der Waals surface area contributed by atoms with E-state index in [-0.39, 0.29) is 5.91 Å². The number of methoxy groups -OCH3 is 1. The molecule has 0 bridgehead atoms. The maximum absolute atomic E-state index is 12.4. The molecule has 3 aromatic carbocycles. The molecule has 0 aliphatic carbocycles. The van der Waals surface area contributed by atoms with Gasteiger partial charge in [0.05, 0.1) is 25.5 Å². The van der Waals surface area contributed by atoms with Crippen LogP contribution in [0, 0.1) is 6.92 Å². The zero-order valence-corrected chi connectivity index (χ0v) is 17.9. The second kappa shape index (κ2) is 10.8. The van der Waals surface area contributed by atoms with E-state index in [1.165, 1.54) is 7.11 Å². The van der Waals surface area contributed by atoms with Crippen molar-refractivity contribution in [1.82, 2.24) is 5.43 Å². The van der Waals surface area contributed by atoms with Crippen LogP contribution in [0.1, 0.15) is 34.0 Å². The summed E-state index contributed by atoms with van der Waals surface area (Å²) in [7, 11) is 1.53. The van der Waals surface area contributed by atoms with Crippen molar-refractivity contribution < 1.29 is 19.0 Å². The van der Waals surface area contributed by atoms with Gasteiger partial charge in [-0.15, -0.1) is 0 Å². The third-order valence-corrected chi connectivity index (χ3v) is 4.49. The first-order valence-electron chi connectivity index (χ1n) is 10.0. The van der Waals surface area contributed by atoms with E-state index in [0.29, 0.717) is 36.0 Å². The summed E-state index contributed by atoms with van der Waals surface area (Å²) in [6, 6.07) is 20.8. The predicted molar refractivity (Wildman–Crippen MR) is 121 cm³/mol. The lowest BCUT2D eigenvalue weighted by molar-refractivity contribution is 0.0952. The van der Waals surface area contributed by atoms with Crippen molar-refractivity contribution in [2.45, 2.75) is 20.5 Å². The van der Waals surface area contributed by atoms with Gasteiger partial charge in [0.1, 0.15) is 12.4 Å². The fourth-order valence-electron chi connectivity index (χ4n) is 2.94. The van der Waals surface area contributed by atoms with E-state index in [0.717, 1.165) is 16.7 Å². The van der Waals surface area contributed by atoms with Crippen molar-refractivity contribution in [3.05, 3.63) is 89.0 Å². The normalized spacial score (nSPS) is 10.7. The van der Waals surface area contributed by atoms with E-state index in [9.17, 15) is 4.79 Å². The molecule has 0 radical (unpaired) electrons. The highest BCUT2D eigenvalue weighted by molar-refractivity contribution is 5.97. The van der Waals surface area contributed by atoms with Gasteiger partial charge in [0.15, 0.2) is 11.5 Å². The van der Waals surface area contributed by atoms with Gasteiger partial charge in [-0.05, 0) is 60.9 Å². The molecule has 31 heavy (non-hydrogen) atoms. The Kier molecular flexibility index (Phi) is 7.65. The minimum Gasteiger partial charge on any atom is -0.496 e. The Bertz CT molecular complexity index is 1050. The molecule has 0 aliphatic heterocycles. The number of ether oxygens (including phenoxy) is 3. The van der Waals surface area contributed by atoms with E-state index in [2.05, 4.69) is 10.5 Å². The summed E-state index contributed by atoms with van der Waals surface area (Å²) < 4.78 is 16.9. The van der Waals surface area contributed by atoms with Gasteiger partial charge in [0.2, 0.25) is 0 Å². The van der Waals surface area contributed by atoms with Crippen molar-refractivity contribution in [3.63, 3.8) is 0 Å². The number of nitrogens with zero attached hydrogens (tertiary/aromatic N) is 1. The third kappa shape index (κ3) is 6.09. The molecule has 0 aliphatic rings. The largest absolute Gasteiger partial charge is 0.496 e. The summed E-state index contributed by atoms with van der Waals surface area (Å²) in [6.45, 7) is 4.80. The van der Waals surface area contributed by atoms with Crippen LogP contribution in [0.15, 0.2) is 71.8 Å². The Morgan fingerprint density at radius 3 is 2.52 bits per heavy atom. The molecule has 0 saturated heterocycles. The van der Waals surface area contributed by atoms with Crippen molar-refractivity contribution in [1.29, 1.82) is 0 Å². The van der Waals surface area contributed by atoms with Crippen molar-refractivity contribution in [2.75, 3.05) is 13.7 Å². The lowest BCUT2D eigenvalue weighted by Gasteiger charge is -2.12. The third-order valence-electron chi connectivity index (χ3n) is 4.49. The molecular formula is C25H26N2O4. The summed E-state index contributed by atoms with van der Waals surface area (Å²) in [5, 5.41) is 4.06. The fraction of sp³-hybridized carbons (Fsp3) is 0.200. The highest BCUT2D eigenvalue weighted by atomic mass is 16.5. The summed E-state index contributed by atoms with van der Waals surface area (Å²) in [6.07, 6.45) is 1.56. The molecule has 0 saturated carbocycles. The van der Waals surface area contributed by atoms with E-state index in [1.807, 2.05) is 68.4 Å². The number of hydrazone groups is 1. The van der Waals surface area contributed by atoms with Crippen molar-refractivity contribution >= 4 is 12.1 Å². The number of benzene rings is 3. The van der Waals surface area contributed by atoms with E-state index < -0.39 is 0 Å². The summed E-state index contributed by atoms with van der Waals surface area (Å²) in [5.74, 6) is 1.43. The molecule has 160 valence electrons. The molecule has 0 unspecified atom stereocenters. The van der Waals surface area contributed by atoms with Gasteiger partial charge in [-0.2, -0.15) is 5.10 Å². The van der Waals surface area contributed by atoms with Gasteiger partial charge in [-0.25, -0.2) is 5.43 Å². The van der Waals surface area contributed by atoms with Gasteiger partial charge in [0, 0.05) is 0 Å². The first-order valence-corrected chi connectivity index (χ1v) is 10.0. The number of nitrogens with one attached hydrogen (secondary N) is 1. The highest BCUT2D eigenvalue weighted by Crippen LogP contribution is 2.29. The number of amides is 1. The van der Waals surface area contributed by atoms with Crippen molar-refractivity contribution in [3.8, 4) is 17.2 Å². The zero-order valence-electron chi connectivity index (χ0n) is 17.9. The van der Waals surface area contributed by atoms with Crippen LogP contribution < -0.4 is 19.6 Å².